The number of unbranched alkanes of at least 4 members (excludes halogenated alkanes) is 1. The maximum Gasteiger partial charge on any atom is 0.303 e. The summed E-state index contributed by atoms with van der Waals surface area (Å²) in [6.07, 6.45) is 1.16. The Morgan fingerprint density at radius 1 is 0.903 bits per heavy atom. The number of likely N-dealkylation sites (tertiary alicyclic amines) is 1. The van der Waals surface area contributed by atoms with Crippen molar-refractivity contribution in [3.05, 3.63) is 0 Å². The van der Waals surface area contributed by atoms with Gasteiger partial charge in [-0.3, -0.25) is 19.3 Å². The predicted octanol–water partition coefficient (Wildman–Crippen LogP) is 2.18. The zero-order chi connectivity index (χ0) is 22.8. The highest BCUT2D eigenvalue weighted by Gasteiger charge is 2.52. The molecule has 2 aliphatic rings. The molecule has 0 aromatic rings. The van der Waals surface area contributed by atoms with Gasteiger partial charge in [0, 0.05) is 45.8 Å². The summed E-state index contributed by atoms with van der Waals surface area (Å²) in [6.45, 7) is 5.84. The molecular weight excluding hydrogens is 474 g/mol. The summed E-state index contributed by atoms with van der Waals surface area (Å²) >= 11 is 3.41. The highest BCUT2D eigenvalue weighted by atomic mass is 79.9. The number of halogens is 1. The number of carbonyl (C=O) groups is 3. The number of carbonyl (C=O) groups excluding carboxylic acids is 3. The van der Waals surface area contributed by atoms with E-state index in [1.807, 2.05) is 0 Å². The van der Waals surface area contributed by atoms with Crippen molar-refractivity contribution in [3.63, 3.8) is 0 Å². The second-order valence-electron chi connectivity index (χ2n) is 7.84. The van der Waals surface area contributed by atoms with Gasteiger partial charge >= 0.3 is 17.9 Å². The average molecular weight is 508 g/mol. The zero-order valence-corrected chi connectivity index (χ0v) is 20.1. The Balaban J connectivity index is 2.33. The summed E-state index contributed by atoms with van der Waals surface area (Å²) in [4.78, 5) is 37.4. The van der Waals surface area contributed by atoms with Crippen LogP contribution in [-0.4, -0.2) is 85.1 Å². The normalized spacial score (nSPS) is 29.2. The van der Waals surface area contributed by atoms with Gasteiger partial charge in [0.15, 0.2) is 12.2 Å². The van der Waals surface area contributed by atoms with Crippen LogP contribution in [0.1, 0.15) is 52.9 Å². The molecule has 0 N–H and O–H groups in total. The first-order chi connectivity index (χ1) is 14.8. The first kappa shape index (κ1) is 26.0. The van der Waals surface area contributed by atoms with Gasteiger partial charge in [-0.1, -0.05) is 22.4 Å². The predicted molar refractivity (Wildman–Crippen MR) is 115 cm³/mol. The van der Waals surface area contributed by atoms with Crippen LogP contribution in [0.2, 0.25) is 0 Å². The van der Waals surface area contributed by atoms with Crippen molar-refractivity contribution >= 4 is 33.8 Å². The lowest BCUT2D eigenvalue weighted by Crippen LogP contribution is -2.66. The van der Waals surface area contributed by atoms with Crippen LogP contribution in [0.15, 0.2) is 0 Å². The molecule has 0 saturated carbocycles. The van der Waals surface area contributed by atoms with E-state index < -0.39 is 48.6 Å². The van der Waals surface area contributed by atoms with E-state index in [4.69, 9.17) is 23.7 Å². The number of nitrogens with zero attached hydrogens (tertiary/aromatic N) is 1. The summed E-state index contributed by atoms with van der Waals surface area (Å²) in [5.41, 5.74) is 0. The van der Waals surface area contributed by atoms with E-state index in [9.17, 15) is 14.4 Å². The van der Waals surface area contributed by atoms with Crippen LogP contribution in [0.4, 0.5) is 0 Å². The molecule has 0 aromatic carbocycles. The third kappa shape index (κ3) is 8.32. The fourth-order valence-electron chi connectivity index (χ4n) is 3.95. The summed E-state index contributed by atoms with van der Waals surface area (Å²) in [5, 5.41) is 0.862. The Kier molecular flexibility index (Phi) is 11.2. The van der Waals surface area contributed by atoms with Crippen LogP contribution in [0.5, 0.6) is 0 Å². The molecule has 2 saturated heterocycles. The molecule has 0 aromatic heterocycles. The molecule has 178 valence electrons. The largest absolute Gasteiger partial charge is 0.463 e. The van der Waals surface area contributed by atoms with E-state index in [0.717, 1.165) is 50.5 Å². The smallest absolute Gasteiger partial charge is 0.303 e. The number of esters is 3. The molecule has 5 atom stereocenters. The molecule has 0 aliphatic carbocycles. The van der Waals surface area contributed by atoms with E-state index >= 15 is 0 Å². The second-order valence-corrected chi connectivity index (χ2v) is 8.64. The molecule has 0 amide bonds. The topological polar surface area (TPSA) is 101 Å². The molecule has 2 fully saturated rings. The lowest BCUT2D eigenvalue weighted by Gasteiger charge is -2.49. The first-order valence-corrected chi connectivity index (χ1v) is 12.0. The van der Waals surface area contributed by atoms with Crippen LogP contribution in [-0.2, 0) is 38.1 Å². The minimum absolute atomic E-state index is 0.119. The number of ether oxygens (including phenoxy) is 5. The van der Waals surface area contributed by atoms with Crippen molar-refractivity contribution in [1.82, 2.24) is 4.90 Å². The molecule has 1 unspecified atom stereocenters. The highest BCUT2D eigenvalue weighted by Crippen LogP contribution is 2.32. The van der Waals surface area contributed by atoms with Crippen LogP contribution < -0.4 is 0 Å². The van der Waals surface area contributed by atoms with Crippen LogP contribution in [0.3, 0.4) is 0 Å². The van der Waals surface area contributed by atoms with Crippen molar-refractivity contribution in [3.8, 4) is 0 Å². The van der Waals surface area contributed by atoms with Gasteiger partial charge in [0.2, 0.25) is 0 Å². The Morgan fingerprint density at radius 3 is 2.13 bits per heavy atom. The quantitative estimate of drug-likeness (QED) is 0.190. The maximum absolute atomic E-state index is 12.0. The van der Waals surface area contributed by atoms with E-state index in [-0.39, 0.29) is 6.61 Å². The van der Waals surface area contributed by atoms with E-state index in [1.54, 1.807) is 0 Å². The maximum atomic E-state index is 12.0. The standard InChI is InChI=1S/C21H34BrNO8/c1-14(24)28-13-17-18(29-15(2)25)19(30-16(3)26)20(27-12-8-5-9-22)21(31-17)23-10-6-4-7-11-23/h17-21H,4-13H2,1-3H3/t17-,18-,19+,20-,21?/m1/s1. The van der Waals surface area contributed by atoms with Gasteiger partial charge in [-0.25, -0.2) is 0 Å². The molecule has 0 radical (unpaired) electrons. The number of piperidine rings is 1. The lowest BCUT2D eigenvalue weighted by atomic mass is 9.95. The van der Waals surface area contributed by atoms with Gasteiger partial charge in [0.25, 0.3) is 0 Å². The summed E-state index contributed by atoms with van der Waals surface area (Å²) in [5.74, 6) is -1.54. The SMILES string of the molecule is CC(=O)OC[C@H]1OC(N2CCCCC2)[C@H](OCCCCBr)[C@@H](OC(C)=O)[C@@H]1OC(C)=O. The van der Waals surface area contributed by atoms with E-state index in [0.29, 0.717) is 6.61 Å². The summed E-state index contributed by atoms with van der Waals surface area (Å²) in [6, 6.07) is 0. The van der Waals surface area contributed by atoms with E-state index in [1.165, 1.54) is 20.8 Å². The first-order valence-electron chi connectivity index (χ1n) is 10.9. The fraction of sp³-hybridized carbons (Fsp3) is 0.857. The molecule has 2 rings (SSSR count). The number of alkyl halides is 1. The Labute approximate surface area is 192 Å². The third-order valence-electron chi connectivity index (χ3n) is 5.25. The Hall–Kier alpha value is -1.23. The third-order valence-corrected chi connectivity index (χ3v) is 5.81. The number of hydrogen-bond donors (Lipinski definition) is 0. The average Bonchev–Trinajstić information content (AvgIpc) is 2.72. The van der Waals surface area contributed by atoms with E-state index in [2.05, 4.69) is 20.8 Å². The Morgan fingerprint density at radius 2 is 1.55 bits per heavy atom. The van der Waals surface area contributed by atoms with Gasteiger partial charge in [-0.15, -0.1) is 0 Å². The summed E-state index contributed by atoms with van der Waals surface area (Å²) < 4.78 is 28.8. The molecule has 2 heterocycles. The molecule has 9 nitrogen and oxygen atoms in total. The Bertz CT molecular complexity index is 598. The molecule has 0 spiro atoms. The molecule has 10 heteroatoms. The van der Waals surface area contributed by atoms with Crippen LogP contribution >= 0.6 is 15.9 Å². The van der Waals surface area contributed by atoms with Gasteiger partial charge in [-0.05, 0) is 25.7 Å². The molecule has 2 aliphatic heterocycles. The van der Waals surface area contributed by atoms with Gasteiger partial charge in [-0.2, -0.15) is 0 Å². The van der Waals surface area contributed by atoms with Crippen molar-refractivity contribution < 1.29 is 38.1 Å². The van der Waals surface area contributed by atoms with Crippen molar-refractivity contribution in [2.45, 2.75) is 83.5 Å². The van der Waals surface area contributed by atoms with Crippen LogP contribution in [0, 0.1) is 0 Å². The minimum atomic E-state index is -0.956. The second kappa shape index (κ2) is 13.3. The van der Waals surface area contributed by atoms with Gasteiger partial charge in [0.05, 0.1) is 0 Å². The van der Waals surface area contributed by atoms with Crippen LogP contribution in [0.25, 0.3) is 0 Å². The number of hydrogen-bond acceptors (Lipinski definition) is 9. The van der Waals surface area contributed by atoms with Gasteiger partial charge in [0.1, 0.15) is 25.0 Å². The lowest BCUT2D eigenvalue weighted by molar-refractivity contribution is -0.284. The van der Waals surface area contributed by atoms with Crippen molar-refractivity contribution in [2.24, 2.45) is 0 Å². The molecular formula is C21H34BrNO8. The monoisotopic (exact) mass is 507 g/mol. The van der Waals surface area contributed by atoms with Gasteiger partial charge < -0.3 is 23.7 Å². The van der Waals surface area contributed by atoms with Crippen molar-refractivity contribution in [2.75, 3.05) is 31.6 Å². The molecule has 31 heavy (non-hydrogen) atoms. The number of rotatable bonds is 10. The summed E-state index contributed by atoms with van der Waals surface area (Å²) in [7, 11) is 0. The zero-order valence-electron chi connectivity index (χ0n) is 18.5. The highest BCUT2D eigenvalue weighted by molar-refractivity contribution is 9.09. The minimum Gasteiger partial charge on any atom is -0.463 e. The van der Waals surface area contributed by atoms with Crippen molar-refractivity contribution in [1.29, 1.82) is 0 Å². The molecule has 0 bridgehead atoms. The fourth-order valence-corrected chi connectivity index (χ4v) is 4.35.